The number of pyridine rings is 1. The van der Waals surface area contributed by atoms with Crippen LogP contribution < -0.4 is 10.1 Å². The molecule has 5 nitrogen and oxygen atoms in total. The molecule has 0 radical (unpaired) electrons. The van der Waals surface area contributed by atoms with E-state index < -0.39 is 0 Å². The van der Waals surface area contributed by atoms with Crippen molar-refractivity contribution in [3.8, 4) is 5.88 Å². The van der Waals surface area contributed by atoms with Crippen molar-refractivity contribution < 1.29 is 9.53 Å². The van der Waals surface area contributed by atoms with Crippen molar-refractivity contribution >= 4 is 16.8 Å². The average molecular weight is 363 g/mol. The number of rotatable bonds is 5. The third kappa shape index (κ3) is 4.30. The molecule has 1 aliphatic rings. The first kappa shape index (κ1) is 17.6. The zero-order valence-corrected chi connectivity index (χ0v) is 15.6. The van der Waals surface area contributed by atoms with E-state index in [1.165, 1.54) is 0 Å². The Bertz CT molecular complexity index is 909. The van der Waals surface area contributed by atoms with Gasteiger partial charge in [-0.05, 0) is 49.8 Å². The topological polar surface area (TPSA) is 67.0 Å². The number of ether oxygens (including phenoxy) is 1. The van der Waals surface area contributed by atoms with E-state index in [1.54, 1.807) is 0 Å². The number of benzene rings is 1. The first-order chi connectivity index (χ1) is 13.2. The van der Waals surface area contributed by atoms with Crippen LogP contribution in [0.25, 0.3) is 10.9 Å². The average Bonchev–Trinajstić information content (AvgIpc) is 3.08. The molecule has 0 atom stereocenters. The van der Waals surface area contributed by atoms with Crippen LogP contribution in [0.4, 0.5) is 0 Å². The third-order valence-electron chi connectivity index (χ3n) is 5.24. The van der Waals surface area contributed by atoms with Crippen molar-refractivity contribution in [2.45, 2.75) is 51.2 Å². The molecule has 4 rings (SSSR count). The second-order valence-electron chi connectivity index (χ2n) is 7.37. The molecular formula is C22H25N3O2. The van der Waals surface area contributed by atoms with Crippen molar-refractivity contribution in [2.75, 3.05) is 0 Å². The number of hydrogen-bond acceptors (Lipinski definition) is 3. The number of H-pyrrole nitrogens is 1. The highest BCUT2D eigenvalue weighted by Crippen LogP contribution is 2.23. The van der Waals surface area contributed by atoms with Crippen LogP contribution in [0.5, 0.6) is 5.88 Å². The lowest BCUT2D eigenvalue weighted by atomic mass is 9.92. The molecule has 2 N–H and O–H groups in total. The molecule has 1 saturated carbocycles. The van der Waals surface area contributed by atoms with Crippen LogP contribution in [-0.2, 0) is 11.2 Å². The van der Waals surface area contributed by atoms with Crippen LogP contribution in [0.3, 0.4) is 0 Å². The van der Waals surface area contributed by atoms with Crippen molar-refractivity contribution in [2.24, 2.45) is 0 Å². The minimum absolute atomic E-state index is 0.0873. The number of aromatic nitrogens is 2. The predicted octanol–water partition coefficient (Wildman–Crippen LogP) is 3.92. The van der Waals surface area contributed by atoms with Gasteiger partial charge in [0.2, 0.25) is 11.8 Å². The number of nitrogens with zero attached hydrogens (tertiary/aromatic N) is 1. The molecule has 27 heavy (non-hydrogen) atoms. The van der Waals surface area contributed by atoms with Crippen molar-refractivity contribution in [3.05, 3.63) is 59.9 Å². The van der Waals surface area contributed by atoms with Gasteiger partial charge in [-0.2, -0.15) is 0 Å². The maximum absolute atomic E-state index is 12.5. The van der Waals surface area contributed by atoms with E-state index in [0.29, 0.717) is 12.3 Å². The van der Waals surface area contributed by atoms with Gasteiger partial charge >= 0.3 is 0 Å². The van der Waals surface area contributed by atoms with Crippen LogP contribution in [0, 0.1) is 6.92 Å². The van der Waals surface area contributed by atoms with Gasteiger partial charge in [0.05, 0.1) is 6.42 Å². The smallest absolute Gasteiger partial charge is 0.224 e. The molecule has 1 aliphatic carbocycles. The van der Waals surface area contributed by atoms with E-state index in [9.17, 15) is 4.79 Å². The minimum Gasteiger partial charge on any atom is -0.474 e. The number of nitrogens with one attached hydrogen (secondary N) is 2. The molecule has 0 unspecified atom stereocenters. The number of fused-ring (bicyclic) bond motifs is 1. The molecule has 0 bridgehead atoms. The molecule has 1 amide bonds. The summed E-state index contributed by atoms with van der Waals surface area (Å²) in [6, 6.07) is 12.2. The molecule has 140 valence electrons. The number of para-hydroxylation sites is 1. The van der Waals surface area contributed by atoms with Gasteiger partial charge in [-0.15, -0.1) is 0 Å². The first-order valence-corrected chi connectivity index (χ1v) is 9.61. The monoisotopic (exact) mass is 363 g/mol. The first-order valence-electron chi connectivity index (χ1n) is 9.61. The molecule has 5 heteroatoms. The Kier molecular flexibility index (Phi) is 5.10. The Morgan fingerprint density at radius 3 is 2.78 bits per heavy atom. The van der Waals surface area contributed by atoms with E-state index in [0.717, 1.165) is 47.7 Å². The van der Waals surface area contributed by atoms with Gasteiger partial charge in [-0.3, -0.25) is 4.79 Å². The van der Waals surface area contributed by atoms with Gasteiger partial charge in [0.15, 0.2) is 0 Å². The van der Waals surface area contributed by atoms with Crippen LogP contribution in [0.1, 0.15) is 36.8 Å². The highest BCUT2D eigenvalue weighted by atomic mass is 16.5. The van der Waals surface area contributed by atoms with E-state index in [2.05, 4.69) is 21.4 Å². The molecule has 2 heterocycles. The van der Waals surface area contributed by atoms with Crippen LogP contribution in [-0.4, -0.2) is 28.0 Å². The molecular weight excluding hydrogens is 338 g/mol. The lowest BCUT2D eigenvalue weighted by Gasteiger charge is -2.29. The number of amides is 1. The Labute approximate surface area is 159 Å². The minimum atomic E-state index is 0.0873. The molecule has 0 saturated heterocycles. The summed E-state index contributed by atoms with van der Waals surface area (Å²) >= 11 is 0. The van der Waals surface area contributed by atoms with Gasteiger partial charge < -0.3 is 15.0 Å². The van der Waals surface area contributed by atoms with Crippen molar-refractivity contribution in [1.29, 1.82) is 0 Å². The van der Waals surface area contributed by atoms with E-state index in [4.69, 9.17) is 4.74 Å². The number of aromatic amines is 1. The van der Waals surface area contributed by atoms with E-state index in [1.807, 2.05) is 49.6 Å². The van der Waals surface area contributed by atoms with Gasteiger partial charge in [-0.1, -0.05) is 24.3 Å². The summed E-state index contributed by atoms with van der Waals surface area (Å²) < 4.78 is 5.97. The van der Waals surface area contributed by atoms with Gasteiger partial charge in [-0.25, -0.2) is 4.98 Å². The number of hydrogen-bond donors (Lipinski definition) is 2. The summed E-state index contributed by atoms with van der Waals surface area (Å²) in [6.07, 6.45) is 8.11. The third-order valence-corrected chi connectivity index (χ3v) is 5.24. The summed E-state index contributed by atoms with van der Waals surface area (Å²) in [5.41, 5.74) is 3.25. The number of carbonyl (C=O) groups excluding carboxylic acids is 1. The fourth-order valence-electron chi connectivity index (χ4n) is 3.75. The van der Waals surface area contributed by atoms with E-state index >= 15 is 0 Å². The van der Waals surface area contributed by atoms with Gasteiger partial charge in [0.25, 0.3) is 0 Å². The van der Waals surface area contributed by atoms with Crippen LogP contribution in [0.15, 0.2) is 48.8 Å². The lowest BCUT2D eigenvalue weighted by molar-refractivity contribution is -0.121. The largest absolute Gasteiger partial charge is 0.474 e. The molecule has 2 aromatic heterocycles. The molecule has 3 aromatic rings. The molecule has 0 aliphatic heterocycles. The van der Waals surface area contributed by atoms with Crippen LogP contribution >= 0.6 is 0 Å². The Hall–Kier alpha value is -2.82. The Balaban J connectivity index is 1.26. The fraction of sp³-hybridized carbons (Fsp3) is 0.364. The fourth-order valence-corrected chi connectivity index (χ4v) is 3.75. The highest BCUT2D eigenvalue weighted by Gasteiger charge is 2.24. The van der Waals surface area contributed by atoms with Crippen molar-refractivity contribution in [1.82, 2.24) is 15.3 Å². The predicted molar refractivity (Wildman–Crippen MR) is 106 cm³/mol. The van der Waals surface area contributed by atoms with Crippen molar-refractivity contribution in [3.63, 3.8) is 0 Å². The molecule has 1 fully saturated rings. The molecule has 1 aromatic carbocycles. The van der Waals surface area contributed by atoms with E-state index in [-0.39, 0.29) is 18.1 Å². The van der Waals surface area contributed by atoms with Gasteiger partial charge in [0.1, 0.15) is 6.10 Å². The maximum atomic E-state index is 12.5. The maximum Gasteiger partial charge on any atom is 0.224 e. The summed E-state index contributed by atoms with van der Waals surface area (Å²) in [7, 11) is 0. The quantitative estimate of drug-likeness (QED) is 0.722. The summed E-state index contributed by atoms with van der Waals surface area (Å²) in [5, 5.41) is 4.31. The zero-order chi connectivity index (χ0) is 18.6. The SMILES string of the molecule is Cc1ccc(OC2CCC(NC(=O)Cc3c[nH]c4ccccc34)CC2)nc1. The molecule has 0 spiro atoms. The van der Waals surface area contributed by atoms with Gasteiger partial charge in [0, 0.05) is 35.4 Å². The Morgan fingerprint density at radius 1 is 1.19 bits per heavy atom. The second kappa shape index (κ2) is 7.82. The highest BCUT2D eigenvalue weighted by molar-refractivity contribution is 5.88. The number of aryl methyl sites for hydroxylation is 1. The second-order valence-corrected chi connectivity index (χ2v) is 7.37. The Morgan fingerprint density at radius 2 is 2.00 bits per heavy atom. The summed E-state index contributed by atoms with van der Waals surface area (Å²) in [6.45, 7) is 2.01. The lowest BCUT2D eigenvalue weighted by Crippen LogP contribution is -2.40. The van der Waals surface area contributed by atoms with Crippen LogP contribution in [0.2, 0.25) is 0 Å². The summed E-state index contributed by atoms with van der Waals surface area (Å²) in [5.74, 6) is 0.775. The normalized spacial score (nSPS) is 19.7. The number of carbonyl (C=O) groups is 1. The summed E-state index contributed by atoms with van der Waals surface area (Å²) in [4.78, 5) is 20.0. The standard InChI is InChI=1S/C22H25N3O2/c1-15-6-11-22(24-13-15)27-18-9-7-17(8-10-18)25-21(26)12-16-14-23-20-5-3-2-4-19(16)20/h2-6,11,13-14,17-18,23H,7-10,12H2,1H3,(H,25,26). The zero-order valence-electron chi connectivity index (χ0n) is 15.6.